The zero-order valence-corrected chi connectivity index (χ0v) is 11.3. The van der Waals surface area contributed by atoms with Crippen LogP contribution in [0.25, 0.3) is 23.9 Å². The van der Waals surface area contributed by atoms with Crippen molar-refractivity contribution in [2.24, 2.45) is 5.92 Å². The van der Waals surface area contributed by atoms with Gasteiger partial charge < -0.3 is 10.2 Å². The van der Waals surface area contributed by atoms with Crippen molar-refractivity contribution in [3.8, 4) is 11.8 Å². The van der Waals surface area contributed by atoms with Crippen LogP contribution in [0.4, 0.5) is 0 Å². The fourth-order valence-corrected chi connectivity index (χ4v) is 3.75. The number of thiophene rings is 1. The maximum absolute atomic E-state index is 10.3. The minimum Gasteiger partial charge on any atom is -0.494 e. The molecule has 1 atom stereocenters. The summed E-state index contributed by atoms with van der Waals surface area (Å²) in [5.74, 6) is 0.819. The van der Waals surface area contributed by atoms with Gasteiger partial charge >= 0.3 is 0 Å². The molecule has 4 heteroatoms. The van der Waals surface area contributed by atoms with Crippen molar-refractivity contribution in [1.29, 1.82) is 0 Å². The first-order valence-electron chi connectivity index (χ1n) is 6.25. The van der Waals surface area contributed by atoms with Crippen LogP contribution in [0.2, 0.25) is 0 Å². The first-order chi connectivity index (χ1) is 8.52. The molecule has 2 aromatic heterocycles. The second-order valence-electron chi connectivity index (χ2n) is 5.15. The van der Waals surface area contributed by atoms with Gasteiger partial charge in [-0.2, -0.15) is 0 Å². The normalized spacial score (nSPS) is 18.1. The summed E-state index contributed by atoms with van der Waals surface area (Å²) in [5.41, 5.74) is 0. The zero-order valence-electron chi connectivity index (χ0n) is 10.4. The second-order valence-corrected chi connectivity index (χ2v) is 6.34. The molecule has 2 heterocycles. The van der Waals surface area contributed by atoms with E-state index in [0.29, 0.717) is 16.7 Å². The van der Waals surface area contributed by atoms with Gasteiger partial charge in [0.15, 0.2) is 0 Å². The number of fused-ring (bicyclic) bond motifs is 1. The summed E-state index contributed by atoms with van der Waals surface area (Å²) in [4.78, 5) is 0. The number of hydrogen-bond donors (Lipinski definition) is 2. The summed E-state index contributed by atoms with van der Waals surface area (Å²) in [7, 11) is 0. The lowest BCUT2D eigenvalue weighted by atomic mass is 9.80. The number of nitrogens with zero attached hydrogens (tertiary/aromatic N) is 1. The molecule has 0 spiro atoms. The largest absolute Gasteiger partial charge is 0.494 e. The average molecular weight is 263 g/mol. The number of hydrogen-bond acceptors (Lipinski definition) is 3. The third-order valence-corrected chi connectivity index (χ3v) is 5.10. The van der Waals surface area contributed by atoms with Gasteiger partial charge in [-0.25, -0.2) is 0 Å². The van der Waals surface area contributed by atoms with Crippen molar-refractivity contribution in [2.45, 2.75) is 32.2 Å². The average Bonchev–Trinajstić information content (AvgIpc) is 2.63. The van der Waals surface area contributed by atoms with Crippen LogP contribution in [0.3, 0.4) is 0 Å². The van der Waals surface area contributed by atoms with E-state index in [-0.39, 0.29) is 17.8 Å². The molecule has 3 rings (SSSR count). The molecule has 0 bridgehead atoms. The van der Waals surface area contributed by atoms with E-state index in [1.807, 2.05) is 0 Å². The van der Waals surface area contributed by atoms with Crippen LogP contribution in [0, 0.1) is 5.92 Å². The smallest absolute Gasteiger partial charge is 0.203 e. The van der Waals surface area contributed by atoms with E-state index in [1.165, 1.54) is 30.6 Å². The minimum atomic E-state index is 0.120. The molecule has 2 N–H and O–H groups in total. The SMILES string of the molecule is C=c1sc(=C)c2c(O)n(C(C)C3CCC3)c(O)c12. The molecule has 0 amide bonds. The van der Waals surface area contributed by atoms with E-state index in [9.17, 15) is 10.2 Å². The summed E-state index contributed by atoms with van der Waals surface area (Å²) in [6.07, 6.45) is 3.58. The maximum atomic E-state index is 10.3. The first kappa shape index (κ1) is 11.7. The van der Waals surface area contributed by atoms with E-state index in [4.69, 9.17) is 0 Å². The van der Waals surface area contributed by atoms with Crippen LogP contribution in [-0.4, -0.2) is 14.8 Å². The molecular formula is C14H17NO2S. The lowest BCUT2D eigenvalue weighted by molar-refractivity contribution is 0.199. The summed E-state index contributed by atoms with van der Waals surface area (Å²) in [6, 6.07) is 0.120. The monoisotopic (exact) mass is 263 g/mol. The van der Waals surface area contributed by atoms with Gasteiger partial charge in [0.1, 0.15) is 0 Å². The number of rotatable bonds is 2. The molecule has 3 nitrogen and oxygen atoms in total. The fourth-order valence-electron chi connectivity index (χ4n) is 2.86. The van der Waals surface area contributed by atoms with Gasteiger partial charge in [-0.3, -0.25) is 4.57 Å². The van der Waals surface area contributed by atoms with Crippen molar-refractivity contribution in [3.63, 3.8) is 0 Å². The van der Waals surface area contributed by atoms with Crippen molar-refractivity contribution >= 4 is 35.3 Å². The molecule has 96 valence electrons. The summed E-state index contributed by atoms with van der Waals surface area (Å²) < 4.78 is 3.18. The third kappa shape index (κ3) is 1.35. The lowest BCUT2D eigenvalue weighted by Crippen LogP contribution is -2.22. The fraction of sp³-hybridized carbons (Fsp3) is 0.429. The topological polar surface area (TPSA) is 45.4 Å². The van der Waals surface area contributed by atoms with E-state index < -0.39 is 0 Å². The predicted molar refractivity (Wildman–Crippen MR) is 75.5 cm³/mol. The molecule has 0 radical (unpaired) electrons. The van der Waals surface area contributed by atoms with Gasteiger partial charge in [0.05, 0.1) is 10.8 Å². The van der Waals surface area contributed by atoms with Crippen molar-refractivity contribution in [2.75, 3.05) is 0 Å². The Morgan fingerprint density at radius 2 is 1.67 bits per heavy atom. The van der Waals surface area contributed by atoms with Crippen LogP contribution in [0.1, 0.15) is 32.2 Å². The molecule has 0 aliphatic heterocycles. The molecule has 1 aliphatic rings. The summed E-state index contributed by atoms with van der Waals surface area (Å²) in [5, 5.41) is 22.0. The van der Waals surface area contributed by atoms with Gasteiger partial charge in [-0.05, 0) is 25.7 Å². The highest BCUT2D eigenvalue weighted by Crippen LogP contribution is 2.43. The molecule has 2 aromatic rings. The van der Waals surface area contributed by atoms with Gasteiger partial charge in [-0.15, -0.1) is 11.3 Å². The van der Waals surface area contributed by atoms with E-state index >= 15 is 0 Å². The number of aromatic nitrogens is 1. The Morgan fingerprint density at radius 1 is 1.17 bits per heavy atom. The maximum Gasteiger partial charge on any atom is 0.203 e. The molecule has 1 saturated carbocycles. The van der Waals surface area contributed by atoms with E-state index in [2.05, 4.69) is 20.1 Å². The third-order valence-electron chi connectivity index (χ3n) is 4.20. The zero-order chi connectivity index (χ0) is 13.0. The van der Waals surface area contributed by atoms with Crippen LogP contribution in [-0.2, 0) is 0 Å². The van der Waals surface area contributed by atoms with Crippen LogP contribution in [0.5, 0.6) is 11.8 Å². The first-order valence-corrected chi connectivity index (χ1v) is 7.06. The van der Waals surface area contributed by atoms with Gasteiger partial charge in [-0.1, -0.05) is 19.6 Å². The molecule has 0 aromatic carbocycles. The van der Waals surface area contributed by atoms with Crippen LogP contribution in [0.15, 0.2) is 0 Å². The summed E-state index contributed by atoms with van der Waals surface area (Å²) in [6.45, 7) is 9.89. The predicted octanol–water partition coefficient (Wildman–Crippen LogP) is 2.30. The molecule has 1 aliphatic carbocycles. The standard InChI is InChI=1S/C14H17NO2S/c1-7(10-5-4-6-10)15-13(16)11-8(2)18-9(3)12(11)14(15)17/h7,10,16-17H,2-6H2,1H3. The number of aromatic hydroxyl groups is 2. The molecular weight excluding hydrogens is 246 g/mol. The van der Waals surface area contributed by atoms with E-state index in [1.54, 1.807) is 4.57 Å². The highest BCUT2D eigenvalue weighted by molar-refractivity contribution is 7.09. The van der Waals surface area contributed by atoms with Crippen LogP contribution < -0.4 is 9.06 Å². The Hall–Kier alpha value is -1.42. The summed E-state index contributed by atoms with van der Waals surface area (Å²) >= 11 is 1.41. The highest BCUT2D eigenvalue weighted by Gasteiger charge is 2.30. The van der Waals surface area contributed by atoms with Gasteiger partial charge in [0.25, 0.3) is 0 Å². The lowest BCUT2D eigenvalue weighted by Gasteiger charge is -2.32. The Balaban J connectivity index is 2.26. The Kier molecular flexibility index (Phi) is 2.45. The van der Waals surface area contributed by atoms with Crippen LogP contribution >= 0.6 is 11.3 Å². The van der Waals surface area contributed by atoms with Crippen molar-refractivity contribution < 1.29 is 10.2 Å². The van der Waals surface area contributed by atoms with E-state index in [0.717, 1.165) is 9.06 Å². The Bertz CT molecular complexity index is 660. The van der Waals surface area contributed by atoms with Crippen molar-refractivity contribution in [1.82, 2.24) is 4.57 Å². The van der Waals surface area contributed by atoms with Gasteiger partial charge in [0.2, 0.25) is 11.8 Å². The van der Waals surface area contributed by atoms with Gasteiger partial charge in [0, 0.05) is 15.1 Å². The molecule has 0 saturated heterocycles. The quantitative estimate of drug-likeness (QED) is 0.873. The Labute approximate surface area is 109 Å². The molecule has 1 unspecified atom stereocenters. The second kappa shape index (κ2) is 3.79. The highest BCUT2D eigenvalue weighted by atomic mass is 32.1. The van der Waals surface area contributed by atoms with Crippen molar-refractivity contribution in [3.05, 3.63) is 9.06 Å². The molecule has 18 heavy (non-hydrogen) atoms. The Morgan fingerprint density at radius 3 is 2.06 bits per heavy atom. The molecule has 1 fully saturated rings. The minimum absolute atomic E-state index is 0.120.